The van der Waals surface area contributed by atoms with Gasteiger partial charge in [0.25, 0.3) is 0 Å². The summed E-state index contributed by atoms with van der Waals surface area (Å²) in [6.07, 6.45) is 1.78. The van der Waals surface area contributed by atoms with Gasteiger partial charge in [-0.05, 0) is 48.7 Å². The molecule has 1 amide bonds. The zero-order chi connectivity index (χ0) is 17.1. The molecule has 0 radical (unpaired) electrons. The topological polar surface area (TPSA) is 56.1 Å². The maximum atomic E-state index is 12.1. The summed E-state index contributed by atoms with van der Waals surface area (Å²) in [5, 5.41) is 12.5. The Hall–Kier alpha value is -2.80. The third kappa shape index (κ3) is 2.98. The van der Waals surface area contributed by atoms with Crippen molar-refractivity contribution < 1.29 is 4.79 Å². The molecule has 24 heavy (non-hydrogen) atoms. The first kappa shape index (κ1) is 16.1. The lowest BCUT2D eigenvalue weighted by Crippen LogP contribution is -2.44. The number of nitriles is 1. The predicted octanol–water partition coefficient (Wildman–Crippen LogP) is 4.25. The van der Waals surface area contributed by atoms with E-state index in [0.717, 1.165) is 29.8 Å². The molecule has 2 aromatic rings. The number of anilines is 2. The van der Waals surface area contributed by atoms with Gasteiger partial charge >= 0.3 is 0 Å². The number of carbonyl (C=O) groups excluding carboxylic acids is 1. The van der Waals surface area contributed by atoms with Crippen molar-refractivity contribution >= 4 is 17.3 Å². The van der Waals surface area contributed by atoms with Crippen molar-refractivity contribution in [3.63, 3.8) is 0 Å². The first-order valence-electron chi connectivity index (χ1n) is 8.29. The van der Waals surface area contributed by atoms with Crippen LogP contribution in [0.3, 0.4) is 0 Å². The molecule has 0 fully saturated rings. The second-order valence-electron chi connectivity index (χ2n) is 6.13. The van der Waals surface area contributed by atoms with Crippen LogP contribution in [0, 0.1) is 11.3 Å². The molecule has 1 N–H and O–H groups in total. The van der Waals surface area contributed by atoms with Crippen molar-refractivity contribution in [1.29, 1.82) is 5.26 Å². The van der Waals surface area contributed by atoms with Gasteiger partial charge in [0.15, 0.2) is 0 Å². The summed E-state index contributed by atoms with van der Waals surface area (Å²) in [5.74, 6) is 0.0890. The molecule has 2 atom stereocenters. The highest BCUT2D eigenvalue weighted by Gasteiger charge is 2.33. The number of hydrogen-bond acceptors (Lipinski definition) is 3. The Morgan fingerprint density at radius 3 is 2.58 bits per heavy atom. The van der Waals surface area contributed by atoms with Crippen LogP contribution in [-0.2, 0) is 4.79 Å². The summed E-state index contributed by atoms with van der Waals surface area (Å²) < 4.78 is 0. The number of para-hydroxylation sites is 1. The lowest BCUT2D eigenvalue weighted by atomic mass is 9.89. The van der Waals surface area contributed by atoms with Crippen LogP contribution in [0.5, 0.6) is 0 Å². The quantitative estimate of drug-likeness (QED) is 0.920. The Morgan fingerprint density at radius 1 is 1.25 bits per heavy atom. The number of hydrogen-bond donors (Lipinski definition) is 1. The Labute approximate surface area is 142 Å². The average Bonchev–Trinajstić information content (AvgIpc) is 2.61. The minimum Gasteiger partial charge on any atom is -0.378 e. The van der Waals surface area contributed by atoms with Crippen LogP contribution in [0.1, 0.15) is 43.9 Å². The van der Waals surface area contributed by atoms with Crippen LogP contribution in [0.15, 0.2) is 48.5 Å². The zero-order valence-electron chi connectivity index (χ0n) is 14.0. The van der Waals surface area contributed by atoms with E-state index in [1.54, 1.807) is 6.92 Å². The van der Waals surface area contributed by atoms with E-state index in [-0.39, 0.29) is 18.0 Å². The van der Waals surface area contributed by atoms with Gasteiger partial charge in [0.1, 0.15) is 0 Å². The highest BCUT2D eigenvalue weighted by Crippen LogP contribution is 2.39. The van der Waals surface area contributed by atoms with Gasteiger partial charge in [0.05, 0.1) is 17.7 Å². The summed E-state index contributed by atoms with van der Waals surface area (Å²) in [7, 11) is 0. The molecule has 0 saturated heterocycles. The smallest absolute Gasteiger partial charge is 0.224 e. The van der Waals surface area contributed by atoms with E-state index in [1.165, 1.54) is 0 Å². The fourth-order valence-electron chi connectivity index (χ4n) is 3.46. The van der Waals surface area contributed by atoms with Crippen molar-refractivity contribution in [3.05, 3.63) is 59.7 Å². The molecule has 0 aromatic heterocycles. The molecule has 2 aromatic carbocycles. The number of benzene rings is 2. The van der Waals surface area contributed by atoms with E-state index in [4.69, 9.17) is 5.26 Å². The lowest BCUT2D eigenvalue weighted by Gasteiger charge is -2.40. The molecule has 0 unspecified atom stereocenters. The number of carbonyl (C=O) groups is 1. The van der Waals surface area contributed by atoms with Crippen LogP contribution in [-0.4, -0.2) is 11.9 Å². The fourth-order valence-corrected chi connectivity index (χ4v) is 3.46. The van der Waals surface area contributed by atoms with Gasteiger partial charge in [-0.3, -0.25) is 4.79 Å². The van der Waals surface area contributed by atoms with Crippen LogP contribution < -0.4 is 10.2 Å². The standard InChI is InChI=1S/C20H21N3O/c1-3-17-12-19(22-16-10-8-15(13-21)9-11-16)18-6-4-5-7-20(18)23(17)14(2)24/h4-11,17,19,22H,3,12H2,1-2H3/t17-,19+/m0/s1. The van der Waals surface area contributed by atoms with Crippen molar-refractivity contribution in [3.8, 4) is 6.07 Å². The minimum atomic E-state index is 0.0890. The van der Waals surface area contributed by atoms with Crippen LogP contribution in [0.25, 0.3) is 0 Å². The van der Waals surface area contributed by atoms with Gasteiger partial charge in [-0.1, -0.05) is 25.1 Å². The normalized spacial score (nSPS) is 19.3. The first-order chi connectivity index (χ1) is 11.6. The van der Waals surface area contributed by atoms with E-state index in [9.17, 15) is 4.79 Å². The van der Waals surface area contributed by atoms with Gasteiger partial charge in [-0.2, -0.15) is 5.26 Å². The molecule has 0 aliphatic carbocycles. The van der Waals surface area contributed by atoms with E-state index in [0.29, 0.717) is 5.56 Å². The fraction of sp³-hybridized carbons (Fsp3) is 0.300. The summed E-state index contributed by atoms with van der Waals surface area (Å²) >= 11 is 0. The summed E-state index contributed by atoms with van der Waals surface area (Å²) in [6.45, 7) is 3.75. The second-order valence-corrected chi connectivity index (χ2v) is 6.13. The van der Waals surface area contributed by atoms with Crippen molar-refractivity contribution in [1.82, 2.24) is 0 Å². The molecular weight excluding hydrogens is 298 g/mol. The Balaban J connectivity index is 1.94. The molecule has 4 heteroatoms. The molecule has 3 rings (SSSR count). The third-order valence-corrected chi connectivity index (χ3v) is 4.61. The molecule has 0 saturated carbocycles. The number of nitrogens with one attached hydrogen (secondary N) is 1. The van der Waals surface area contributed by atoms with E-state index in [2.05, 4.69) is 24.4 Å². The highest BCUT2D eigenvalue weighted by molar-refractivity contribution is 5.93. The van der Waals surface area contributed by atoms with Gasteiger partial charge in [0.2, 0.25) is 5.91 Å². The number of rotatable bonds is 3. The zero-order valence-corrected chi connectivity index (χ0v) is 14.0. The van der Waals surface area contributed by atoms with Crippen LogP contribution in [0.2, 0.25) is 0 Å². The average molecular weight is 319 g/mol. The molecule has 0 spiro atoms. The lowest BCUT2D eigenvalue weighted by molar-refractivity contribution is -0.117. The summed E-state index contributed by atoms with van der Waals surface area (Å²) in [4.78, 5) is 14.1. The van der Waals surface area contributed by atoms with Crippen molar-refractivity contribution in [2.24, 2.45) is 0 Å². The molecular formula is C20H21N3O. The molecule has 1 aliphatic rings. The largest absolute Gasteiger partial charge is 0.378 e. The molecule has 122 valence electrons. The maximum absolute atomic E-state index is 12.1. The monoisotopic (exact) mass is 319 g/mol. The van der Waals surface area contributed by atoms with E-state index < -0.39 is 0 Å². The van der Waals surface area contributed by atoms with E-state index in [1.807, 2.05) is 47.4 Å². The first-order valence-corrected chi connectivity index (χ1v) is 8.29. The molecule has 0 bridgehead atoms. The number of fused-ring (bicyclic) bond motifs is 1. The molecule has 4 nitrogen and oxygen atoms in total. The van der Waals surface area contributed by atoms with Crippen molar-refractivity contribution in [2.75, 3.05) is 10.2 Å². The Morgan fingerprint density at radius 2 is 1.96 bits per heavy atom. The van der Waals surface area contributed by atoms with Crippen LogP contribution >= 0.6 is 0 Å². The molecule has 1 aliphatic heterocycles. The third-order valence-electron chi connectivity index (χ3n) is 4.61. The van der Waals surface area contributed by atoms with Gasteiger partial charge in [-0.15, -0.1) is 0 Å². The number of nitrogens with zero attached hydrogens (tertiary/aromatic N) is 2. The SMILES string of the molecule is CC[C@H]1C[C@@H](Nc2ccc(C#N)cc2)c2ccccc2N1C(C)=O. The van der Waals surface area contributed by atoms with Crippen molar-refractivity contribution in [2.45, 2.75) is 38.8 Å². The molecule has 1 heterocycles. The second kappa shape index (κ2) is 6.76. The number of amides is 1. The van der Waals surface area contributed by atoms with E-state index >= 15 is 0 Å². The van der Waals surface area contributed by atoms with Crippen LogP contribution in [0.4, 0.5) is 11.4 Å². The Bertz CT molecular complexity index is 776. The minimum absolute atomic E-state index is 0.0890. The summed E-state index contributed by atoms with van der Waals surface area (Å²) in [5.41, 5.74) is 3.77. The van der Waals surface area contributed by atoms with Gasteiger partial charge in [0, 0.05) is 24.3 Å². The maximum Gasteiger partial charge on any atom is 0.224 e. The summed E-state index contributed by atoms with van der Waals surface area (Å²) in [6, 6.07) is 18.1. The Kier molecular flexibility index (Phi) is 4.52. The predicted molar refractivity (Wildman–Crippen MR) is 95.8 cm³/mol. The van der Waals surface area contributed by atoms with Gasteiger partial charge < -0.3 is 10.2 Å². The highest BCUT2D eigenvalue weighted by atomic mass is 16.2. The van der Waals surface area contributed by atoms with Gasteiger partial charge in [-0.25, -0.2) is 0 Å².